The standard InChI is InChI=1S/C21H21N3O5S/c1-13(21(26)22-15-10-11-27-16-6-3-2-5-14(15)16)28-19(25)9-8-18-23-20(24-29-18)17-7-4-12-30-17/h2-7,12-13,15H,8-11H2,1H3,(H,22,26). The van der Waals surface area contributed by atoms with Gasteiger partial charge in [0, 0.05) is 18.4 Å². The lowest BCUT2D eigenvalue weighted by atomic mass is 10.0. The van der Waals surface area contributed by atoms with Gasteiger partial charge in [-0.05, 0) is 24.4 Å². The lowest BCUT2D eigenvalue weighted by molar-refractivity contribution is -0.155. The van der Waals surface area contributed by atoms with E-state index in [0.29, 0.717) is 24.7 Å². The lowest BCUT2D eigenvalue weighted by Gasteiger charge is -2.27. The number of benzene rings is 1. The normalized spacial score (nSPS) is 16.2. The third-order valence-electron chi connectivity index (χ3n) is 4.71. The molecule has 2 unspecified atom stereocenters. The first-order valence-corrected chi connectivity index (χ1v) is 10.6. The van der Waals surface area contributed by atoms with Crippen molar-refractivity contribution in [2.45, 2.75) is 38.3 Å². The number of carbonyl (C=O) groups excluding carboxylic acids is 2. The largest absolute Gasteiger partial charge is 0.493 e. The Hall–Kier alpha value is -3.20. The number of thiophene rings is 1. The van der Waals surface area contributed by atoms with Gasteiger partial charge in [0.25, 0.3) is 5.91 Å². The van der Waals surface area contributed by atoms with Crippen molar-refractivity contribution in [3.8, 4) is 16.5 Å². The van der Waals surface area contributed by atoms with Crippen LogP contribution in [-0.4, -0.2) is 34.7 Å². The molecule has 0 aliphatic carbocycles. The molecule has 0 saturated heterocycles. The average molecular weight is 427 g/mol. The third-order valence-corrected chi connectivity index (χ3v) is 5.57. The van der Waals surface area contributed by atoms with Crippen LogP contribution in [0.4, 0.5) is 0 Å². The van der Waals surface area contributed by atoms with Crippen LogP contribution in [0.2, 0.25) is 0 Å². The minimum Gasteiger partial charge on any atom is -0.493 e. The monoisotopic (exact) mass is 427 g/mol. The second kappa shape index (κ2) is 9.08. The molecule has 1 aromatic carbocycles. The Kier molecular flexibility index (Phi) is 6.08. The van der Waals surface area contributed by atoms with E-state index in [1.54, 1.807) is 6.92 Å². The van der Waals surface area contributed by atoms with Crippen molar-refractivity contribution < 1.29 is 23.6 Å². The van der Waals surface area contributed by atoms with Gasteiger partial charge in [0.2, 0.25) is 11.7 Å². The Morgan fingerprint density at radius 3 is 3.00 bits per heavy atom. The molecule has 1 aliphatic heterocycles. The minimum absolute atomic E-state index is 0.0454. The van der Waals surface area contributed by atoms with Crippen molar-refractivity contribution >= 4 is 23.2 Å². The molecule has 4 rings (SSSR count). The number of carbonyl (C=O) groups is 2. The zero-order valence-electron chi connectivity index (χ0n) is 16.4. The number of fused-ring (bicyclic) bond motifs is 1. The van der Waals surface area contributed by atoms with E-state index in [1.807, 2.05) is 41.8 Å². The van der Waals surface area contributed by atoms with Crippen LogP contribution < -0.4 is 10.1 Å². The number of nitrogens with one attached hydrogen (secondary N) is 1. The van der Waals surface area contributed by atoms with Crippen LogP contribution in [0.3, 0.4) is 0 Å². The molecule has 2 atom stereocenters. The fourth-order valence-corrected chi connectivity index (χ4v) is 3.81. The molecule has 3 aromatic rings. The van der Waals surface area contributed by atoms with E-state index < -0.39 is 12.1 Å². The smallest absolute Gasteiger partial charge is 0.307 e. The summed E-state index contributed by atoms with van der Waals surface area (Å²) in [5, 5.41) is 8.77. The van der Waals surface area contributed by atoms with E-state index in [0.717, 1.165) is 16.2 Å². The van der Waals surface area contributed by atoms with Crippen molar-refractivity contribution in [2.75, 3.05) is 6.61 Å². The first-order chi connectivity index (χ1) is 14.6. The van der Waals surface area contributed by atoms with Crippen LogP contribution in [0.25, 0.3) is 10.7 Å². The Morgan fingerprint density at radius 2 is 2.17 bits per heavy atom. The van der Waals surface area contributed by atoms with Gasteiger partial charge in [-0.1, -0.05) is 29.4 Å². The quantitative estimate of drug-likeness (QED) is 0.577. The summed E-state index contributed by atoms with van der Waals surface area (Å²) in [6.45, 7) is 2.08. The summed E-state index contributed by atoms with van der Waals surface area (Å²) in [5.74, 6) is 0.771. The molecule has 3 heterocycles. The summed E-state index contributed by atoms with van der Waals surface area (Å²) >= 11 is 1.51. The molecular formula is C21H21N3O5S. The molecule has 0 saturated carbocycles. The summed E-state index contributed by atoms with van der Waals surface area (Å²) in [6.07, 6.45) is 0.0485. The van der Waals surface area contributed by atoms with Gasteiger partial charge in [-0.3, -0.25) is 9.59 Å². The molecule has 30 heavy (non-hydrogen) atoms. The van der Waals surface area contributed by atoms with Crippen LogP contribution >= 0.6 is 11.3 Å². The highest BCUT2D eigenvalue weighted by Crippen LogP contribution is 2.31. The van der Waals surface area contributed by atoms with Gasteiger partial charge in [-0.25, -0.2) is 0 Å². The average Bonchev–Trinajstić information content (AvgIpc) is 3.44. The topological polar surface area (TPSA) is 104 Å². The van der Waals surface area contributed by atoms with Gasteiger partial charge in [0.15, 0.2) is 6.10 Å². The fourth-order valence-electron chi connectivity index (χ4n) is 3.16. The van der Waals surface area contributed by atoms with Crippen molar-refractivity contribution in [1.29, 1.82) is 0 Å². The van der Waals surface area contributed by atoms with Crippen molar-refractivity contribution in [3.05, 3.63) is 53.2 Å². The predicted octanol–water partition coefficient (Wildman–Crippen LogP) is 3.30. The molecule has 1 aliphatic rings. The number of para-hydroxylation sites is 1. The molecule has 0 radical (unpaired) electrons. The van der Waals surface area contributed by atoms with E-state index in [4.69, 9.17) is 14.0 Å². The second-order valence-electron chi connectivity index (χ2n) is 6.86. The molecule has 1 N–H and O–H groups in total. The number of hydrogen-bond donors (Lipinski definition) is 1. The van der Waals surface area contributed by atoms with E-state index in [-0.39, 0.29) is 24.8 Å². The molecule has 0 fully saturated rings. The Balaban J connectivity index is 1.26. The highest BCUT2D eigenvalue weighted by atomic mass is 32.1. The second-order valence-corrected chi connectivity index (χ2v) is 7.80. The summed E-state index contributed by atoms with van der Waals surface area (Å²) < 4.78 is 16.0. The van der Waals surface area contributed by atoms with Gasteiger partial charge in [0.05, 0.1) is 23.9 Å². The Bertz CT molecular complexity index is 1020. The molecule has 8 nitrogen and oxygen atoms in total. The highest BCUT2D eigenvalue weighted by Gasteiger charge is 2.26. The van der Waals surface area contributed by atoms with Crippen molar-refractivity contribution in [1.82, 2.24) is 15.5 Å². The number of aryl methyl sites for hydroxylation is 1. The molecule has 0 bridgehead atoms. The molecule has 2 aromatic heterocycles. The minimum atomic E-state index is -0.906. The van der Waals surface area contributed by atoms with Crippen LogP contribution in [0.15, 0.2) is 46.3 Å². The van der Waals surface area contributed by atoms with Gasteiger partial charge < -0.3 is 19.3 Å². The van der Waals surface area contributed by atoms with Gasteiger partial charge in [0.1, 0.15) is 5.75 Å². The third kappa shape index (κ3) is 4.68. The van der Waals surface area contributed by atoms with Crippen LogP contribution in [0, 0.1) is 0 Å². The summed E-state index contributed by atoms with van der Waals surface area (Å²) in [5.41, 5.74) is 0.925. The molecule has 156 valence electrons. The maximum Gasteiger partial charge on any atom is 0.307 e. The van der Waals surface area contributed by atoms with Gasteiger partial charge in [-0.15, -0.1) is 11.3 Å². The summed E-state index contributed by atoms with van der Waals surface area (Å²) in [7, 11) is 0. The maximum absolute atomic E-state index is 12.5. The lowest BCUT2D eigenvalue weighted by Crippen LogP contribution is -2.39. The van der Waals surface area contributed by atoms with E-state index >= 15 is 0 Å². The summed E-state index contributed by atoms with van der Waals surface area (Å²) in [4.78, 5) is 29.8. The first-order valence-electron chi connectivity index (χ1n) is 9.68. The van der Waals surface area contributed by atoms with Gasteiger partial charge >= 0.3 is 5.97 Å². The Labute approximate surface area is 177 Å². The number of rotatable bonds is 7. The van der Waals surface area contributed by atoms with E-state index in [1.165, 1.54) is 11.3 Å². The number of hydrogen-bond acceptors (Lipinski definition) is 8. The molecular weight excluding hydrogens is 406 g/mol. The molecule has 9 heteroatoms. The number of aromatic nitrogens is 2. The van der Waals surface area contributed by atoms with E-state index in [9.17, 15) is 9.59 Å². The summed E-state index contributed by atoms with van der Waals surface area (Å²) in [6, 6.07) is 11.2. The number of amides is 1. The van der Waals surface area contributed by atoms with Gasteiger partial charge in [-0.2, -0.15) is 4.98 Å². The highest BCUT2D eigenvalue weighted by molar-refractivity contribution is 7.13. The van der Waals surface area contributed by atoms with Crippen molar-refractivity contribution in [2.24, 2.45) is 0 Å². The maximum atomic E-state index is 12.5. The zero-order chi connectivity index (χ0) is 20.9. The first kappa shape index (κ1) is 20.1. The SMILES string of the molecule is CC(OC(=O)CCc1nc(-c2cccs2)no1)C(=O)NC1CCOc2ccccc21. The number of nitrogens with zero attached hydrogens (tertiary/aromatic N) is 2. The van der Waals surface area contributed by atoms with Crippen LogP contribution in [0.1, 0.15) is 37.3 Å². The van der Waals surface area contributed by atoms with Crippen LogP contribution in [-0.2, 0) is 20.7 Å². The number of esters is 1. The fraction of sp³-hybridized carbons (Fsp3) is 0.333. The predicted molar refractivity (Wildman–Crippen MR) is 109 cm³/mol. The van der Waals surface area contributed by atoms with Crippen molar-refractivity contribution in [3.63, 3.8) is 0 Å². The molecule has 0 spiro atoms. The number of ether oxygens (including phenoxy) is 2. The zero-order valence-corrected chi connectivity index (χ0v) is 17.2. The molecule has 1 amide bonds. The Morgan fingerprint density at radius 1 is 1.30 bits per heavy atom. The van der Waals surface area contributed by atoms with Crippen LogP contribution in [0.5, 0.6) is 5.75 Å². The van der Waals surface area contributed by atoms with E-state index in [2.05, 4.69) is 15.5 Å².